The van der Waals surface area contributed by atoms with Crippen LogP contribution in [0.3, 0.4) is 0 Å². The number of carbonyl (C=O) groups is 1. The molecule has 0 amide bonds. The molecule has 3 rings (SSSR count). The average Bonchev–Trinajstić information content (AvgIpc) is 2.86. The van der Waals surface area contributed by atoms with Crippen molar-refractivity contribution in [3.8, 4) is 0 Å². The highest BCUT2D eigenvalue weighted by molar-refractivity contribution is 5.97. The lowest BCUT2D eigenvalue weighted by Gasteiger charge is -2.43. The van der Waals surface area contributed by atoms with Gasteiger partial charge in [-0.05, 0) is 44.2 Å². The fourth-order valence-corrected chi connectivity index (χ4v) is 3.87. The highest BCUT2D eigenvalue weighted by atomic mass is 16.1. The summed E-state index contributed by atoms with van der Waals surface area (Å²) in [5.74, 6) is 1.14. The Bertz CT molecular complexity index is 449. The number of rotatable bonds is 3. The van der Waals surface area contributed by atoms with Gasteiger partial charge in [0, 0.05) is 31.0 Å². The molecule has 104 valence electrons. The highest BCUT2D eigenvalue weighted by Crippen LogP contribution is 2.35. The number of piperidine rings is 1. The first kappa shape index (κ1) is 12.9. The van der Waals surface area contributed by atoms with Gasteiger partial charge in [0.1, 0.15) is 0 Å². The number of hydrogen-bond acceptors (Lipinski definition) is 2. The summed E-state index contributed by atoms with van der Waals surface area (Å²) in [7, 11) is 1.97. The number of carbonyl (C=O) groups excluding carboxylic acids is 1. The van der Waals surface area contributed by atoms with Crippen molar-refractivity contribution in [2.24, 2.45) is 13.0 Å². The fraction of sp³-hybridized carbons (Fsp3) is 0.688. The summed E-state index contributed by atoms with van der Waals surface area (Å²) in [6, 6.07) is 2.61. The van der Waals surface area contributed by atoms with Gasteiger partial charge in [0.15, 0.2) is 5.78 Å². The van der Waals surface area contributed by atoms with Crippen molar-refractivity contribution in [2.75, 3.05) is 13.1 Å². The Morgan fingerprint density at radius 3 is 2.84 bits per heavy atom. The molecule has 1 saturated heterocycles. The van der Waals surface area contributed by atoms with Crippen LogP contribution in [0.5, 0.6) is 0 Å². The van der Waals surface area contributed by atoms with Crippen molar-refractivity contribution in [2.45, 2.75) is 44.6 Å². The molecule has 0 spiro atoms. The second-order valence-corrected chi connectivity index (χ2v) is 6.21. The molecular weight excluding hydrogens is 236 g/mol. The molecule has 1 aromatic rings. The van der Waals surface area contributed by atoms with Crippen molar-refractivity contribution >= 4 is 5.78 Å². The van der Waals surface area contributed by atoms with Gasteiger partial charge in [-0.2, -0.15) is 0 Å². The van der Waals surface area contributed by atoms with E-state index in [1.165, 1.54) is 38.5 Å². The third kappa shape index (κ3) is 2.76. The van der Waals surface area contributed by atoms with Gasteiger partial charge >= 0.3 is 0 Å². The van der Waals surface area contributed by atoms with Crippen LogP contribution in [-0.4, -0.2) is 34.4 Å². The number of Topliss-reactive ketones (excluding diaryl/α,β-unsaturated/α-hetero) is 1. The van der Waals surface area contributed by atoms with E-state index in [2.05, 4.69) is 4.90 Å². The summed E-state index contributed by atoms with van der Waals surface area (Å²) >= 11 is 0. The molecule has 2 atom stereocenters. The molecule has 3 nitrogen and oxygen atoms in total. The van der Waals surface area contributed by atoms with Crippen LogP contribution in [0.1, 0.15) is 48.9 Å². The minimum Gasteiger partial charge on any atom is -0.357 e. The maximum absolute atomic E-state index is 12.3. The summed E-state index contributed by atoms with van der Waals surface area (Å²) < 4.78 is 1.95. The molecule has 3 heteroatoms. The van der Waals surface area contributed by atoms with Gasteiger partial charge in [-0.1, -0.05) is 12.8 Å². The first-order valence-electron chi connectivity index (χ1n) is 7.63. The lowest BCUT2D eigenvalue weighted by molar-refractivity contribution is 0.0539. The van der Waals surface area contributed by atoms with Crippen LogP contribution in [0.15, 0.2) is 18.5 Å². The lowest BCUT2D eigenvalue weighted by atomic mass is 9.78. The van der Waals surface area contributed by atoms with E-state index in [0.717, 1.165) is 18.0 Å². The molecule has 1 saturated carbocycles. The molecule has 2 aliphatic rings. The second-order valence-electron chi connectivity index (χ2n) is 6.21. The molecule has 2 fully saturated rings. The number of likely N-dealkylation sites (tertiary alicyclic amines) is 1. The van der Waals surface area contributed by atoms with E-state index in [0.29, 0.717) is 12.6 Å². The Morgan fingerprint density at radius 1 is 1.26 bits per heavy atom. The fourth-order valence-electron chi connectivity index (χ4n) is 3.87. The van der Waals surface area contributed by atoms with E-state index >= 15 is 0 Å². The largest absolute Gasteiger partial charge is 0.357 e. The van der Waals surface area contributed by atoms with Crippen LogP contribution in [0, 0.1) is 5.92 Å². The van der Waals surface area contributed by atoms with Crippen LogP contribution in [0.25, 0.3) is 0 Å². The summed E-state index contributed by atoms with van der Waals surface area (Å²) in [5.41, 5.74) is 0.862. The van der Waals surface area contributed by atoms with Crippen LogP contribution < -0.4 is 0 Å². The number of hydrogen-bond donors (Lipinski definition) is 0. The van der Waals surface area contributed by atoms with E-state index in [-0.39, 0.29) is 5.78 Å². The van der Waals surface area contributed by atoms with Gasteiger partial charge in [0.25, 0.3) is 0 Å². The standard InChI is InChI=1S/C16H24N2O/c1-17-10-8-14(11-17)16(19)12-18-9-4-6-13-5-2-3-7-15(13)18/h8,10-11,13,15H,2-7,9,12H2,1H3/t13-,15-/m1/s1. The van der Waals surface area contributed by atoms with E-state index in [4.69, 9.17) is 0 Å². The number of nitrogens with zero attached hydrogens (tertiary/aromatic N) is 2. The Labute approximate surface area is 115 Å². The van der Waals surface area contributed by atoms with E-state index in [1.54, 1.807) is 0 Å². The molecule has 0 radical (unpaired) electrons. The van der Waals surface area contributed by atoms with Gasteiger partial charge in [-0.15, -0.1) is 0 Å². The molecule has 1 aromatic heterocycles. The number of fused-ring (bicyclic) bond motifs is 1. The Kier molecular flexibility index (Phi) is 3.74. The zero-order valence-corrected chi connectivity index (χ0v) is 11.8. The summed E-state index contributed by atoms with van der Waals surface area (Å²) in [6.45, 7) is 1.73. The third-order valence-electron chi connectivity index (χ3n) is 4.86. The summed E-state index contributed by atoms with van der Waals surface area (Å²) in [6.07, 6.45) is 11.9. The molecule has 1 aliphatic heterocycles. The minimum atomic E-state index is 0.284. The van der Waals surface area contributed by atoms with Crippen molar-refractivity contribution in [1.29, 1.82) is 0 Å². The normalized spacial score (nSPS) is 28.1. The Hall–Kier alpha value is -1.09. The molecule has 0 aromatic carbocycles. The highest BCUT2D eigenvalue weighted by Gasteiger charge is 2.33. The summed E-state index contributed by atoms with van der Waals surface area (Å²) in [5, 5.41) is 0. The van der Waals surface area contributed by atoms with E-state index in [9.17, 15) is 4.79 Å². The van der Waals surface area contributed by atoms with Gasteiger partial charge in [0.2, 0.25) is 0 Å². The van der Waals surface area contributed by atoms with Crippen LogP contribution in [0.4, 0.5) is 0 Å². The molecule has 0 unspecified atom stereocenters. The smallest absolute Gasteiger partial charge is 0.178 e. The number of aromatic nitrogens is 1. The predicted octanol–water partition coefficient (Wildman–Crippen LogP) is 2.86. The molecule has 0 N–H and O–H groups in total. The Morgan fingerprint density at radius 2 is 2.05 bits per heavy atom. The van der Waals surface area contributed by atoms with Gasteiger partial charge in [0.05, 0.1) is 6.54 Å². The topological polar surface area (TPSA) is 25.2 Å². The monoisotopic (exact) mass is 260 g/mol. The predicted molar refractivity (Wildman–Crippen MR) is 76.3 cm³/mol. The van der Waals surface area contributed by atoms with Crippen molar-refractivity contribution < 1.29 is 4.79 Å². The SMILES string of the molecule is Cn1ccc(C(=O)CN2CCC[C@H]3CCCC[C@H]32)c1. The van der Waals surface area contributed by atoms with Gasteiger partial charge in [-0.25, -0.2) is 0 Å². The number of aryl methyl sites for hydroxylation is 1. The maximum atomic E-state index is 12.3. The summed E-state index contributed by atoms with van der Waals surface area (Å²) in [4.78, 5) is 14.8. The quantitative estimate of drug-likeness (QED) is 0.781. The first-order valence-corrected chi connectivity index (χ1v) is 7.63. The third-order valence-corrected chi connectivity index (χ3v) is 4.86. The molecule has 19 heavy (non-hydrogen) atoms. The zero-order chi connectivity index (χ0) is 13.2. The van der Waals surface area contributed by atoms with Crippen molar-refractivity contribution in [3.63, 3.8) is 0 Å². The Balaban J connectivity index is 1.66. The van der Waals surface area contributed by atoms with Crippen LogP contribution in [0.2, 0.25) is 0 Å². The second kappa shape index (κ2) is 5.49. The first-order chi connectivity index (χ1) is 9.24. The maximum Gasteiger partial charge on any atom is 0.178 e. The van der Waals surface area contributed by atoms with Gasteiger partial charge in [-0.3, -0.25) is 9.69 Å². The van der Waals surface area contributed by atoms with Gasteiger partial charge < -0.3 is 4.57 Å². The van der Waals surface area contributed by atoms with E-state index in [1.807, 2.05) is 30.1 Å². The minimum absolute atomic E-state index is 0.284. The molecule has 1 aliphatic carbocycles. The molecule has 2 heterocycles. The van der Waals surface area contributed by atoms with E-state index < -0.39 is 0 Å². The zero-order valence-electron chi connectivity index (χ0n) is 11.8. The number of ketones is 1. The van der Waals surface area contributed by atoms with Crippen LogP contribution >= 0.6 is 0 Å². The molecule has 0 bridgehead atoms. The van der Waals surface area contributed by atoms with Crippen molar-refractivity contribution in [1.82, 2.24) is 9.47 Å². The average molecular weight is 260 g/mol. The van der Waals surface area contributed by atoms with Crippen molar-refractivity contribution in [3.05, 3.63) is 24.0 Å². The lowest BCUT2D eigenvalue weighted by Crippen LogP contribution is -2.48. The van der Waals surface area contributed by atoms with Crippen LogP contribution in [-0.2, 0) is 7.05 Å². The molecular formula is C16H24N2O.